The number of rotatable bonds is 5. The number of hydrogen-bond donors (Lipinski definition) is 2. The van der Waals surface area contributed by atoms with Crippen LogP contribution < -0.4 is 5.32 Å². The van der Waals surface area contributed by atoms with Crippen molar-refractivity contribution in [2.75, 3.05) is 0 Å². The summed E-state index contributed by atoms with van der Waals surface area (Å²) in [7, 11) is 0. The number of carbonyl (C=O) groups is 3. The van der Waals surface area contributed by atoms with Gasteiger partial charge in [-0.05, 0) is 20.8 Å². The van der Waals surface area contributed by atoms with Crippen molar-refractivity contribution in [1.82, 2.24) is 5.32 Å². The van der Waals surface area contributed by atoms with Gasteiger partial charge in [-0.2, -0.15) is 0 Å². The van der Waals surface area contributed by atoms with E-state index in [2.05, 4.69) is 5.32 Å². The Morgan fingerprint density at radius 1 is 1.17 bits per heavy atom. The van der Waals surface area contributed by atoms with E-state index in [1.165, 1.54) is 0 Å². The molecule has 1 rings (SSSR count). The molecule has 0 fully saturated rings. The second kappa shape index (κ2) is 8.01. The Bertz CT molecular complexity index is 568. The van der Waals surface area contributed by atoms with Gasteiger partial charge in [-0.1, -0.05) is 49.0 Å². The molecule has 1 unspecified atom stereocenters. The number of amides is 1. The molecule has 2 N–H and O–H groups in total. The smallest absolute Gasteiger partial charge is 0.408 e. The molecule has 0 bridgehead atoms. The number of benzene rings is 1. The Morgan fingerprint density at radius 3 is 2.22 bits per heavy atom. The topological polar surface area (TPSA) is 92.7 Å². The summed E-state index contributed by atoms with van der Waals surface area (Å²) in [5, 5.41) is 10.7. The molecule has 23 heavy (non-hydrogen) atoms. The van der Waals surface area contributed by atoms with Crippen molar-refractivity contribution in [2.45, 2.75) is 44.6 Å². The summed E-state index contributed by atoms with van der Waals surface area (Å²) >= 11 is 0.859. The maximum atomic E-state index is 12.1. The van der Waals surface area contributed by atoms with Crippen LogP contribution in [0.5, 0.6) is 0 Å². The zero-order chi connectivity index (χ0) is 17.6. The first kappa shape index (κ1) is 19.0. The van der Waals surface area contributed by atoms with Crippen molar-refractivity contribution in [1.29, 1.82) is 0 Å². The predicted octanol–water partition coefficient (Wildman–Crippen LogP) is 2.93. The second-order valence-corrected chi connectivity index (χ2v) is 7.29. The number of carbonyl (C=O) groups excluding carboxylic acids is 2. The number of aliphatic carboxylic acids is 1. The van der Waals surface area contributed by atoms with Gasteiger partial charge in [0.15, 0.2) is 0 Å². The van der Waals surface area contributed by atoms with E-state index in [1.807, 2.05) is 0 Å². The Balaban J connectivity index is 2.72. The lowest BCUT2D eigenvalue weighted by molar-refractivity contribution is -0.139. The summed E-state index contributed by atoms with van der Waals surface area (Å²) in [6.45, 7) is 6.61. The van der Waals surface area contributed by atoms with E-state index in [0.29, 0.717) is 5.56 Å². The maximum absolute atomic E-state index is 12.1. The van der Waals surface area contributed by atoms with Crippen LogP contribution in [0.25, 0.3) is 0 Å². The van der Waals surface area contributed by atoms with Crippen LogP contribution in [0.4, 0.5) is 4.79 Å². The predicted molar refractivity (Wildman–Crippen MR) is 88.6 cm³/mol. The molecule has 2 atom stereocenters. The van der Waals surface area contributed by atoms with Crippen LogP contribution in [0.2, 0.25) is 0 Å². The highest BCUT2D eigenvalue weighted by Gasteiger charge is 2.30. The van der Waals surface area contributed by atoms with Gasteiger partial charge in [0.05, 0.1) is 0 Å². The Hall–Kier alpha value is -2.02. The van der Waals surface area contributed by atoms with Gasteiger partial charge < -0.3 is 15.2 Å². The first-order chi connectivity index (χ1) is 10.6. The van der Waals surface area contributed by atoms with Crippen LogP contribution in [0.3, 0.4) is 0 Å². The van der Waals surface area contributed by atoms with Crippen molar-refractivity contribution in [3.63, 3.8) is 0 Å². The minimum absolute atomic E-state index is 0.254. The molecule has 0 radical (unpaired) electrons. The van der Waals surface area contributed by atoms with Crippen molar-refractivity contribution < 1.29 is 24.2 Å². The molecule has 0 spiro atoms. The van der Waals surface area contributed by atoms with Gasteiger partial charge >= 0.3 is 12.1 Å². The van der Waals surface area contributed by atoms with Gasteiger partial charge in [-0.3, -0.25) is 4.79 Å². The van der Waals surface area contributed by atoms with E-state index in [-0.39, 0.29) is 5.12 Å². The van der Waals surface area contributed by atoms with Crippen LogP contribution in [0.1, 0.15) is 38.1 Å². The first-order valence-corrected chi connectivity index (χ1v) is 7.96. The fourth-order valence-corrected chi connectivity index (χ4v) is 2.62. The SMILES string of the molecule is CC(SC(=O)c1ccccc1)[C@H](NC(=O)OC(C)(C)C)C(=O)O. The maximum Gasteiger partial charge on any atom is 0.408 e. The molecule has 0 aromatic heterocycles. The number of alkyl carbamates (subject to hydrolysis) is 1. The summed E-state index contributed by atoms with van der Waals surface area (Å²) in [5.74, 6) is -1.23. The highest BCUT2D eigenvalue weighted by molar-refractivity contribution is 8.14. The van der Waals surface area contributed by atoms with Crippen LogP contribution in [-0.4, -0.2) is 39.2 Å². The van der Waals surface area contributed by atoms with Crippen LogP contribution in [-0.2, 0) is 9.53 Å². The van der Waals surface area contributed by atoms with Gasteiger partial charge in [0.1, 0.15) is 11.6 Å². The van der Waals surface area contributed by atoms with Crippen molar-refractivity contribution >= 4 is 28.9 Å². The number of carboxylic acids is 1. The van der Waals surface area contributed by atoms with Gasteiger partial charge in [0, 0.05) is 10.8 Å². The van der Waals surface area contributed by atoms with Gasteiger partial charge in [-0.25, -0.2) is 9.59 Å². The third-order valence-corrected chi connectivity index (χ3v) is 3.80. The van der Waals surface area contributed by atoms with Gasteiger partial charge in [-0.15, -0.1) is 0 Å². The number of carboxylic acid groups (broad SMARTS) is 1. The van der Waals surface area contributed by atoms with Crippen molar-refractivity contribution in [3.05, 3.63) is 35.9 Å². The van der Waals surface area contributed by atoms with Crippen LogP contribution in [0.15, 0.2) is 30.3 Å². The van der Waals surface area contributed by atoms with E-state index in [4.69, 9.17) is 4.74 Å². The third-order valence-electron chi connectivity index (χ3n) is 2.71. The quantitative estimate of drug-likeness (QED) is 0.857. The number of ether oxygens (including phenoxy) is 1. The lowest BCUT2D eigenvalue weighted by Gasteiger charge is -2.24. The molecule has 1 aromatic rings. The average Bonchev–Trinajstić information content (AvgIpc) is 2.43. The van der Waals surface area contributed by atoms with Crippen molar-refractivity contribution in [3.8, 4) is 0 Å². The molecular weight excluding hydrogens is 318 g/mol. The zero-order valence-corrected chi connectivity index (χ0v) is 14.3. The largest absolute Gasteiger partial charge is 0.480 e. The van der Waals surface area contributed by atoms with Crippen molar-refractivity contribution in [2.24, 2.45) is 0 Å². The summed E-state index contributed by atoms with van der Waals surface area (Å²) in [5.41, 5.74) is -0.255. The van der Waals surface area contributed by atoms with Crippen LogP contribution in [0, 0.1) is 0 Å². The van der Waals surface area contributed by atoms with Crippen LogP contribution >= 0.6 is 11.8 Å². The minimum atomic E-state index is -1.23. The molecular formula is C16H21NO5S. The molecule has 0 saturated carbocycles. The lowest BCUT2D eigenvalue weighted by Crippen LogP contribution is -2.48. The van der Waals surface area contributed by atoms with E-state index >= 15 is 0 Å². The molecule has 0 saturated heterocycles. The minimum Gasteiger partial charge on any atom is -0.480 e. The number of thioether (sulfide) groups is 1. The molecule has 1 amide bonds. The Morgan fingerprint density at radius 2 is 1.74 bits per heavy atom. The van der Waals surface area contributed by atoms with E-state index in [0.717, 1.165) is 11.8 Å². The lowest BCUT2D eigenvalue weighted by atomic mass is 10.2. The monoisotopic (exact) mass is 339 g/mol. The molecule has 0 heterocycles. The summed E-state index contributed by atoms with van der Waals surface area (Å²) in [6.07, 6.45) is -0.829. The standard InChI is InChI=1S/C16H21NO5S/c1-10(23-14(20)11-8-6-5-7-9-11)12(13(18)19)17-15(21)22-16(2,3)4/h5-10,12H,1-4H3,(H,17,21)(H,18,19)/t10?,12-/m0/s1. The third kappa shape index (κ3) is 6.73. The molecule has 0 aliphatic heterocycles. The second-order valence-electron chi connectivity index (χ2n) is 5.94. The van der Waals surface area contributed by atoms with E-state index in [1.54, 1.807) is 58.0 Å². The fraction of sp³-hybridized carbons (Fsp3) is 0.438. The first-order valence-electron chi connectivity index (χ1n) is 7.08. The molecule has 0 aliphatic rings. The van der Waals surface area contributed by atoms with Gasteiger partial charge in [0.25, 0.3) is 0 Å². The molecule has 7 heteroatoms. The number of nitrogens with one attached hydrogen (secondary N) is 1. The van der Waals surface area contributed by atoms with E-state index in [9.17, 15) is 19.5 Å². The molecule has 126 valence electrons. The Labute approximate surface area is 139 Å². The highest BCUT2D eigenvalue weighted by Crippen LogP contribution is 2.21. The summed E-state index contributed by atoms with van der Waals surface area (Å²) in [6, 6.07) is 7.31. The highest BCUT2D eigenvalue weighted by atomic mass is 32.2. The zero-order valence-electron chi connectivity index (χ0n) is 13.5. The fourth-order valence-electron chi connectivity index (χ4n) is 1.69. The Kier molecular flexibility index (Phi) is 6.62. The average molecular weight is 339 g/mol. The summed E-state index contributed by atoms with van der Waals surface area (Å²) in [4.78, 5) is 35.2. The summed E-state index contributed by atoms with van der Waals surface area (Å²) < 4.78 is 5.05. The normalized spacial score (nSPS) is 13.7. The molecule has 6 nitrogen and oxygen atoms in total. The van der Waals surface area contributed by atoms with Gasteiger partial charge in [0.2, 0.25) is 5.12 Å². The molecule has 0 aliphatic carbocycles. The van der Waals surface area contributed by atoms with E-state index < -0.39 is 29.0 Å². The number of hydrogen-bond acceptors (Lipinski definition) is 5. The molecule has 1 aromatic carbocycles.